The van der Waals surface area contributed by atoms with Crippen molar-refractivity contribution in [2.75, 3.05) is 26.7 Å². The maximum Gasteiger partial charge on any atom is 0.243 e. The lowest BCUT2D eigenvalue weighted by atomic mass is 10.1. The molecular weight excluding hydrogens is 188 g/mol. The lowest BCUT2D eigenvalue weighted by Gasteiger charge is -2.24. The van der Waals surface area contributed by atoms with Crippen molar-refractivity contribution in [3.05, 3.63) is 11.6 Å². The van der Waals surface area contributed by atoms with Gasteiger partial charge in [-0.25, -0.2) is 0 Å². The van der Waals surface area contributed by atoms with Crippen LogP contribution in [0.4, 0.5) is 0 Å². The molecule has 0 bridgehead atoms. The van der Waals surface area contributed by atoms with E-state index in [0.717, 1.165) is 32.0 Å². The Labute approximate surface area is 91.5 Å². The number of nitrogens with zero attached hydrogens (tertiary/aromatic N) is 1. The van der Waals surface area contributed by atoms with Crippen molar-refractivity contribution in [3.63, 3.8) is 0 Å². The van der Waals surface area contributed by atoms with Gasteiger partial charge in [0.05, 0.1) is 0 Å². The summed E-state index contributed by atoms with van der Waals surface area (Å²) < 4.78 is 0. The molecule has 15 heavy (non-hydrogen) atoms. The molecule has 3 heteroatoms. The first kappa shape index (κ1) is 10.7. The Hall–Kier alpha value is -0.830. The average molecular weight is 208 g/mol. The summed E-state index contributed by atoms with van der Waals surface area (Å²) >= 11 is 0. The third-order valence-electron chi connectivity index (χ3n) is 3.11. The van der Waals surface area contributed by atoms with E-state index in [9.17, 15) is 4.79 Å². The third-order valence-corrected chi connectivity index (χ3v) is 3.11. The van der Waals surface area contributed by atoms with Gasteiger partial charge in [-0.1, -0.05) is 5.57 Å². The molecule has 1 amide bonds. The smallest absolute Gasteiger partial charge is 0.243 e. The van der Waals surface area contributed by atoms with Crippen molar-refractivity contribution < 1.29 is 4.79 Å². The van der Waals surface area contributed by atoms with Gasteiger partial charge in [0, 0.05) is 19.2 Å². The van der Waals surface area contributed by atoms with Crippen LogP contribution in [0, 0.1) is 5.92 Å². The molecule has 1 aliphatic heterocycles. The van der Waals surface area contributed by atoms with Crippen LogP contribution in [0.3, 0.4) is 0 Å². The van der Waals surface area contributed by atoms with Crippen LogP contribution in [0.5, 0.6) is 0 Å². The van der Waals surface area contributed by atoms with Crippen molar-refractivity contribution in [1.82, 2.24) is 10.2 Å². The van der Waals surface area contributed by atoms with Crippen LogP contribution in [0.2, 0.25) is 0 Å². The van der Waals surface area contributed by atoms with Gasteiger partial charge in [0.2, 0.25) is 5.91 Å². The predicted molar refractivity (Wildman–Crippen MR) is 60.5 cm³/mol. The van der Waals surface area contributed by atoms with Gasteiger partial charge < -0.3 is 10.2 Å². The average Bonchev–Trinajstić information content (AvgIpc) is 2.98. The number of carbonyl (C=O) groups is 1. The Morgan fingerprint density at radius 3 is 3.07 bits per heavy atom. The quantitative estimate of drug-likeness (QED) is 0.706. The molecule has 0 atom stereocenters. The number of carbonyl (C=O) groups excluding carboxylic acids is 1. The summed E-state index contributed by atoms with van der Waals surface area (Å²) in [7, 11) is 2.11. The van der Waals surface area contributed by atoms with Crippen LogP contribution in [0.1, 0.15) is 25.7 Å². The summed E-state index contributed by atoms with van der Waals surface area (Å²) in [5.74, 6) is 0.869. The molecule has 1 saturated carbocycles. The molecular formula is C12H20N2O. The second kappa shape index (κ2) is 4.79. The van der Waals surface area contributed by atoms with Crippen molar-refractivity contribution in [3.8, 4) is 0 Å². The fraction of sp³-hybridized carbons (Fsp3) is 0.750. The maximum absolute atomic E-state index is 11.5. The second-order valence-corrected chi connectivity index (χ2v) is 4.83. The third kappa shape index (κ3) is 3.67. The van der Waals surface area contributed by atoms with E-state index in [1.165, 1.54) is 24.8 Å². The number of likely N-dealkylation sites (tertiary alicyclic amines) is 1. The predicted octanol–water partition coefficient (Wildman–Crippen LogP) is 1.16. The Kier molecular flexibility index (Phi) is 3.41. The fourth-order valence-corrected chi connectivity index (χ4v) is 2.00. The van der Waals surface area contributed by atoms with Gasteiger partial charge in [0.1, 0.15) is 0 Å². The second-order valence-electron chi connectivity index (χ2n) is 4.83. The zero-order chi connectivity index (χ0) is 10.7. The lowest BCUT2D eigenvalue weighted by molar-refractivity contribution is -0.116. The number of piperidine rings is 1. The van der Waals surface area contributed by atoms with E-state index in [1.54, 1.807) is 6.08 Å². The van der Waals surface area contributed by atoms with Crippen molar-refractivity contribution in [2.45, 2.75) is 25.7 Å². The van der Waals surface area contributed by atoms with Crippen LogP contribution >= 0.6 is 0 Å². The molecule has 1 saturated heterocycles. The molecule has 0 aromatic rings. The highest BCUT2D eigenvalue weighted by atomic mass is 16.1. The molecule has 0 spiro atoms. The number of amides is 1. The molecule has 2 rings (SSSR count). The molecule has 84 valence electrons. The standard InChI is InChI=1S/C12H20N2O/c1-14-6-2-3-11(9-14)7-12(15)13-8-10-4-5-10/h7,10H,2-6,8-9H2,1H3,(H,13,15)/b11-7+. The highest BCUT2D eigenvalue weighted by Gasteiger charge is 2.21. The summed E-state index contributed by atoms with van der Waals surface area (Å²) in [5, 5.41) is 2.97. The maximum atomic E-state index is 11.5. The van der Waals surface area contributed by atoms with Crippen LogP contribution in [-0.4, -0.2) is 37.5 Å². The SMILES string of the molecule is CN1CCC/C(=C\C(=O)NCC2CC2)C1. The van der Waals surface area contributed by atoms with E-state index in [2.05, 4.69) is 17.3 Å². The first-order valence-corrected chi connectivity index (χ1v) is 5.90. The molecule has 2 aliphatic rings. The van der Waals surface area contributed by atoms with E-state index >= 15 is 0 Å². The summed E-state index contributed by atoms with van der Waals surface area (Å²) in [6, 6.07) is 0. The van der Waals surface area contributed by atoms with Gasteiger partial charge in [-0.3, -0.25) is 4.79 Å². The number of rotatable bonds is 3. The monoisotopic (exact) mass is 208 g/mol. The highest BCUT2D eigenvalue weighted by Crippen LogP contribution is 2.27. The number of hydrogen-bond donors (Lipinski definition) is 1. The highest BCUT2D eigenvalue weighted by molar-refractivity contribution is 5.88. The minimum atomic E-state index is 0.104. The van der Waals surface area contributed by atoms with Gasteiger partial charge in [-0.2, -0.15) is 0 Å². The topological polar surface area (TPSA) is 32.3 Å². The molecule has 0 aromatic heterocycles. The fourth-order valence-electron chi connectivity index (χ4n) is 2.00. The van der Waals surface area contributed by atoms with E-state index in [0.29, 0.717) is 0 Å². The Morgan fingerprint density at radius 2 is 2.40 bits per heavy atom. The number of likely N-dealkylation sites (N-methyl/N-ethyl adjacent to an activating group) is 1. The van der Waals surface area contributed by atoms with Gasteiger partial charge in [-0.15, -0.1) is 0 Å². The molecule has 0 radical (unpaired) electrons. The summed E-state index contributed by atoms with van der Waals surface area (Å²) in [6.45, 7) is 2.98. The van der Waals surface area contributed by atoms with E-state index in [-0.39, 0.29) is 5.91 Å². The minimum Gasteiger partial charge on any atom is -0.352 e. The Balaban J connectivity index is 1.76. The van der Waals surface area contributed by atoms with Gasteiger partial charge >= 0.3 is 0 Å². The molecule has 1 aliphatic carbocycles. The van der Waals surface area contributed by atoms with Crippen LogP contribution < -0.4 is 5.32 Å². The largest absolute Gasteiger partial charge is 0.352 e. The summed E-state index contributed by atoms with van der Waals surface area (Å²) in [4.78, 5) is 13.8. The van der Waals surface area contributed by atoms with Gasteiger partial charge in [-0.05, 0) is 45.2 Å². The summed E-state index contributed by atoms with van der Waals surface area (Å²) in [6.07, 6.45) is 6.65. The first-order valence-electron chi connectivity index (χ1n) is 5.90. The van der Waals surface area contributed by atoms with Gasteiger partial charge in [0.25, 0.3) is 0 Å². The van der Waals surface area contributed by atoms with Crippen LogP contribution in [0.15, 0.2) is 11.6 Å². The molecule has 1 heterocycles. The first-order chi connectivity index (χ1) is 7.24. The zero-order valence-corrected chi connectivity index (χ0v) is 9.46. The van der Waals surface area contributed by atoms with Crippen molar-refractivity contribution in [1.29, 1.82) is 0 Å². The molecule has 3 nitrogen and oxygen atoms in total. The van der Waals surface area contributed by atoms with E-state index in [1.807, 2.05) is 0 Å². The van der Waals surface area contributed by atoms with Crippen molar-refractivity contribution in [2.24, 2.45) is 5.92 Å². The number of hydrogen-bond acceptors (Lipinski definition) is 2. The molecule has 1 N–H and O–H groups in total. The molecule has 2 fully saturated rings. The van der Waals surface area contributed by atoms with E-state index in [4.69, 9.17) is 0 Å². The minimum absolute atomic E-state index is 0.104. The van der Waals surface area contributed by atoms with Gasteiger partial charge in [0.15, 0.2) is 0 Å². The normalized spacial score (nSPS) is 25.5. The molecule has 0 aromatic carbocycles. The number of nitrogens with one attached hydrogen (secondary N) is 1. The Bertz CT molecular complexity index is 269. The van der Waals surface area contributed by atoms with E-state index < -0.39 is 0 Å². The summed E-state index contributed by atoms with van der Waals surface area (Å²) in [5.41, 5.74) is 1.28. The lowest BCUT2D eigenvalue weighted by Crippen LogP contribution is -2.29. The van der Waals surface area contributed by atoms with Crippen molar-refractivity contribution >= 4 is 5.91 Å². The zero-order valence-electron chi connectivity index (χ0n) is 9.46. The van der Waals surface area contributed by atoms with Crippen LogP contribution in [-0.2, 0) is 4.79 Å². The Morgan fingerprint density at radius 1 is 1.60 bits per heavy atom. The van der Waals surface area contributed by atoms with Crippen LogP contribution in [0.25, 0.3) is 0 Å². The molecule has 0 unspecified atom stereocenters.